The first-order valence-electron chi connectivity index (χ1n) is 6.70. The van der Waals surface area contributed by atoms with Crippen LogP contribution in [0.2, 0.25) is 0 Å². The second-order valence-electron chi connectivity index (χ2n) is 4.55. The van der Waals surface area contributed by atoms with Gasteiger partial charge in [0, 0.05) is 13.8 Å². The zero-order chi connectivity index (χ0) is 15.4. The van der Waals surface area contributed by atoms with Crippen molar-refractivity contribution in [1.29, 1.82) is 0 Å². The zero-order valence-corrected chi connectivity index (χ0v) is 13.0. The summed E-state index contributed by atoms with van der Waals surface area (Å²) in [4.78, 5) is 24.2. The van der Waals surface area contributed by atoms with Crippen molar-refractivity contribution in [2.24, 2.45) is 7.05 Å². The molecule has 1 rings (SSSR count). The van der Waals surface area contributed by atoms with E-state index in [1.807, 2.05) is 25.5 Å². The van der Waals surface area contributed by atoms with Crippen LogP contribution < -0.4 is 4.57 Å². The van der Waals surface area contributed by atoms with E-state index in [-0.39, 0.29) is 0 Å². The first-order chi connectivity index (χ1) is 9.36. The van der Waals surface area contributed by atoms with Crippen LogP contribution in [-0.4, -0.2) is 25.2 Å². The molecule has 0 N–H and O–H groups in total. The second kappa shape index (κ2) is 6.50. The van der Waals surface area contributed by atoms with Gasteiger partial charge < -0.3 is 9.47 Å². The van der Waals surface area contributed by atoms with E-state index in [0.29, 0.717) is 29.9 Å². The fourth-order valence-corrected chi connectivity index (χ4v) is 2.26. The van der Waals surface area contributed by atoms with Crippen LogP contribution in [-0.2, 0) is 16.5 Å². The van der Waals surface area contributed by atoms with Crippen molar-refractivity contribution in [3.8, 4) is 0 Å². The number of rotatable bonds is 4. The number of ether oxygens (including phenoxy) is 2. The quantitative estimate of drug-likeness (QED) is 0.623. The smallest absolute Gasteiger partial charge is 0.344 e. The van der Waals surface area contributed by atoms with Gasteiger partial charge in [0.1, 0.15) is 18.2 Å². The summed E-state index contributed by atoms with van der Waals surface area (Å²) in [6.07, 6.45) is 0. The van der Waals surface area contributed by atoms with Gasteiger partial charge in [0.15, 0.2) is 11.4 Å². The Morgan fingerprint density at radius 3 is 1.55 bits per heavy atom. The summed E-state index contributed by atoms with van der Waals surface area (Å²) in [5.41, 5.74) is 3.01. The highest BCUT2D eigenvalue weighted by atomic mass is 16.5. The van der Waals surface area contributed by atoms with Gasteiger partial charge in [-0.05, 0) is 26.3 Å². The van der Waals surface area contributed by atoms with E-state index in [4.69, 9.17) is 9.47 Å². The molecule has 1 heterocycles. The lowest BCUT2D eigenvalue weighted by molar-refractivity contribution is -0.684. The number of nitrogens with zero attached hydrogens (tertiary/aromatic N) is 1. The largest absolute Gasteiger partial charge is 0.462 e. The van der Waals surface area contributed by atoms with Crippen LogP contribution in [0, 0.1) is 20.8 Å². The van der Waals surface area contributed by atoms with E-state index in [1.165, 1.54) is 0 Å². The van der Waals surface area contributed by atoms with Crippen LogP contribution in [0.25, 0.3) is 0 Å². The Kier molecular flexibility index (Phi) is 5.25. The molecule has 0 aliphatic heterocycles. The minimum absolute atomic E-state index is 0.296. The summed E-state index contributed by atoms with van der Waals surface area (Å²) in [7, 11) is 1.82. The van der Waals surface area contributed by atoms with Crippen LogP contribution in [0.15, 0.2) is 0 Å². The lowest BCUT2D eigenvalue weighted by Gasteiger charge is -2.13. The van der Waals surface area contributed by atoms with Gasteiger partial charge in [0.2, 0.25) is 0 Å². The summed E-state index contributed by atoms with van der Waals surface area (Å²) < 4.78 is 12.0. The molecule has 0 unspecified atom stereocenters. The van der Waals surface area contributed by atoms with Gasteiger partial charge in [-0.15, -0.1) is 0 Å². The number of pyridine rings is 1. The molecule has 5 nitrogen and oxygen atoms in total. The molecule has 0 amide bonds. The average molecular weight is 280 g/mol. The molecule has 110 valence electrons. The lowest BCUT2D eigenvalue weighted by Crippen LogP contribution is -2.40. The van der Waals surface area contributed by atoms with Crippen molar-refractivity contribution in [2.45, 2.75) is 34.6 Å². The molecule has 0 aliphatic carbocycles. The Labute approximate surface area is 119 Å². The van der Waals surface area contributed by atoms with E-state index >= 15 is 0 Å². The van der Waals surface area contributed by atoms with Crippen LogP contribution >= 0.6 is 0 Å². The predicted molar refractivity (Wildman–Crippen MR) is 73.7 cm³/mol. The SMILES string of the molecule is CCOC(=O)c1c(C)c(C(=O)OCC)c(C)[n+](C)c1C. The molecule has 0 spiro atoms. The number of hydrogen-bond acceptors (Lipinski definition) is 4. The number of esters is 2. The second-order valence-corrected chi connectivity index (χ2v) is 4.55. The maximum Gasteiger partial charge on any atom is 0.344 e. The van der Waals surface area contributed by atoms with Gasteiger partial charge in [-0.2, -0.15) is 0 Å². The van der Waals surface area contributed by atoms with Gasteiger partial charge in [-0.25, -0.2) is 14.2 Å². The molecule has 1 aromatic heterocycles. The van der Waals surface area contributed by atoms with Gasteiger partial charge in [-0.3, -0.25) is 0 Å². The normalized spacial score (nSPS) is 10.3. The van der Waals surface area contributed by atoms with E-state index in [0.717, 1.165) is 11.4 Å². The Morgan fingerprint density at radius 2 is 1.25 bits per heavy atom. The van der Waals surface area contributed by atoms with E-state index in [2.05, 4.69) is 0 Å². The first-order valence-corrected chi connectivity index (χ1v) is 6.70. The number of aromatic nitrogens is 1. The third kappa shape index (κ3) is 2.81. The lowest BCUT2D eigenvalue weighted by atomic mass is 9.99. The van der Waals surface area contributed by atoms with E-state index < -0.39 is 11.9 Å². The Hall–Kier alpha value is -1.91. The highest BCUT2D eigenvalue weighted by molar-refractivity contribution is 5.98. The van der Waals surface area contributed by atoms with Crippen molar-refractivity contribution in [3.05, 3.63) is 28.1 Å². The maximum atomic E-state index is 12.1. The molecule has 0 radical (unpaired) electrons. The summed E-state index contributed by atoms with van der Waals surface area (Å²) in [6.45, 7) is 9.51. The Balaban J connectivity index is 3.54. The number of hydrogen-bond donors (Lipinski definition) is 0. The van der Waals surface area contributed by atoms with Crippen molar-refractivity contribution in [1.82, 2.24) is 0 Å². The summed E-state index contributed by atoms with van der Waals surface area (Å²) in [5, 5.41) is 0. The molecule has 0 fully saturated rings. The van der Waals surface area contributed by atoms with Crippen LogP contribution in [0.1, 0.15) is 51.5 Å². The zero-order valence-electron chi connectivity index (χ0n) is 13.0. The van der Waals surface area contributed by atoms with Crippen molar-refractivity contribution < 1.29 is 23.6 Å². The molecule has 0 saturated carbocycles. The van der Waals surface area contributed by atoms with Crippen LogP contribution in [0.4, 0.5) is 0 Å². The molecule has 0 saturated heterocycles. The Morgan fingerprint density at radius 1 is 0.900 bits per heavy atom. The maximum absolute atomic E-state index is 12.1. The Bertz CT molecular complexity index is 504. The summed E-state index contributed by atoms with van der Waals surface area (Å²) in [6, 6.07) is 0. The standard InChI is InChI=1S/C15H22NO4/c1-7-19-14(17)12-9(3)13(15(18)20-8-2)11(5)16(6)10(12)4/h7-8H2,1-6H3/q+1. The van der Waals surface area contributed by atoms with Crippen LogP contribution in [0.3, 0.4) is 0 Å². The molecule has 20 heavy (non-hydrogen) atoms. The molecule has 1 aromatic rings. The predicted octanol–water partition coefficient (Wildman–Crippen LogP) is 1.79. The van der Waals surface area contributed by atoms with Crippen molar-refractivity contribution in [3.63, 3.8) is 0 Å². The molecule has 0 bridgehead atoms. The molecular weight excluding hydrogens is 258 g/mol. The van der Waals surface area contributed by atoms with Crippen LogP contribution in [0.5, 0.6) is 0 Å². The number of carbonyl (C=O) groups excluding carboxylic acids is 2. The van der Waals surface area contributed by atoms with Crippen molar-refractivity contribution in [2.75, 3.05) is 13.2 Å². The fourth-order valence-electron chi connectivity index (χ4n) is 2.26. The minimum atomic E-state index is -0.413. The third-order valence-electron chi connectivity index (χ3n) is 3.44. The van der Waals surface area contributed by atoms with Crippen molar-refractivity contribution >= 4 is 11.9 Å². The molecule has 0 atom stereocenters. The summed E-state index contributed by atoms with van der Waals surface area (Å²) >= 11 is 0. The highest BCUT2D eigenvalue weighted by Crippen LogP contribution is 2.20. The first kappa shape index (κ1) is 16.1. The van der Waals surface area contributed by atoms with E-state index in [1.54, 1.807) is 20.8 Å². The average Bonchev–Trinajstić information content (AvgIpc) is 2.37. The van der Waals surface area contributed by atoms with Gasteiger partial charge >= 0.3 is 11.9 Å². The van der Waals surface area contributed by atoms with E-state index in [9.17, 15) is 9.59 Å². The van der Waals surface area contributed by atoms with Gasteiger partial charge in [0.05, 0.1) is 13.2 Å². The molecule has 0 aromatic carbocycles. The van der Waals surface area contributed by atoms with Gasteiger partial charge in [-0.1, -0.05) is 0 Å². The molecule has 0 aliphatic rings. The van der Waals surface area contributed by atoms with Gasteiger partial charge in [0.25, 0.3) is 0 Å². The highest BCUT2D eigenvalue weighted by Gasteiger charge is 2.30. The fraction of sp³-hybridized carbons (Fsp3) is 0.533. The number of carbonyl (C=O) groups is 2. The molecule has 5 heteroatoms. The topological polar surface area (TPSA) is 56.5 Å². The monoisotopic (exact) mass is 280 g/mol. The molecular formula is C15H22NO4+. The third-order valence-corrected chi connectivity index (χ3v) is 3.44. The minimum Gasteiger partial charge on any atom is -0.462 e. The summed E-state index contributed by atoms with van der Waals surface area (Å²) in [5.74, 6) is -0.827.